The number of sulfone groups is 1. The zero-order valence-electron chi connectivity index (χ0n) is 19.4. The van der Waals surface area contributed by atoms with Crippen LogP contribution >= 0.6 is 0 Å². The minimum absolute atomic E-state index is 0.200. The van der Waals surface area contributed by atoms with E-state index in [1.165, 1.54) is 11.1 Å². The molecule has 1 fully saturated rings. The quantitative estimate of drug-likeness (QED) is 0.612. The van der Waals surface area contributed by atoms with Crippen molar-refractivity contribution in [1.29, 1.82) is 0 Å². The molecule has 1 saturated heterocycles. The molecule has 0 bridgehead atoms. The van der Waals surface area contributed by atoms with E-state index < -0.39 is 32.8 Å². The van der Waals surface area contributed by atoms with Gasteiger partial charge in [-0.15, -0.1) is 0 Å². The molecule has 2 amide bonds. The normalized spacial score (nSPS) is 18.2. The highest BCUT2D eigenvalue weighted by molar-refractivity contribution is 7.91. The van der Waals surface area contributed by atoms with Crippen molar-refractivity contribution in [3.8, 4) is 5.75 Å². The summed E-state index contributed by atoms with van der Waals surface area (Å²) in [6.45, 7) is 5.54. The van der Waals surface area contributed by atoms with Gasteiger partial charge < -0.3 is 14.8 Å². The predicted octanol–water partition coefficient (Wildman–Crippen LogP) is 2.69. The number of methoxy groups -OCH3 is 1. The summed E-state index contributed by atoms with van der Waals surface area (Å²) in [5.41, 5.74) is 0.820. The maximum Gasteiger partial charge on any atom is 0.416 e. The van der Waals surface area contributed by atoms with Crippen LogP contribution < -0.4 is 15.0 Å². The number of β-lactam (4-membered cyclic amide) rings is 1. The number of ether oxygens (including phenoxy) is 2. The summed E-state index contributed by atoms with van der Waals surface area (Å²) in [6.07, 6.45) is 2.27. The summed E-state index contributed by atoms with van der Waals surface area (Å²) in [6, 6.07) is 10.7. The van der Waals surface area contributed by atoms with E-state index in [2.05, 4.69) is 10.3 Å². The lowest BCUT2D eigenvalue weighted by molar-refractivity contribution is -0.132. The van der Waals surface area contributed by atoms with E-state index in [0.717, 1.165) is 11.8 Å². The van der Waals surface area contributed by atoms with Crippen LogP contribution in [0.25, 0.3) is 0 Å². The van der Waals surface area contributed by atoms with Crippen LogP contribution in [0.15, 0.2) is 42.6 Å². The standard InChI is InChI=1S/C23H29N3O6S/c1-23(2,3)32-22(28)26(14-15-6-8-17(31-4)9-7-15)19-13-16(10-11-24-19)12-18-20(27)25-21(18)33(5,29)30/h6-11,13,18,21H,12,14H2,1-5H3,(H,25,27)/t18-,21+/m0/s1. The largest absolute Gasteiger partial charge is 0.497 e. The number of nitrogens with one attached hydrogen (secondary N) is 1. The zero-order valence-corrected chi connectivity index (χ0v) is 20.2. The molecule has 1 aliphatic heterocycles. The van der Waals surface area contributed by atoms with Gasteiger partial charge in [-0.05, 0) is 62.6 Å². The van der Waals surface area contributed by atoms with Gasteiger partial charge in [0.05, 0.1) is 19.6 Å². The Kier molecular flexibility index (Phi) is 6.97. The minimum atomic E-state index is -3.42. The van der Waals surface area contributed by atoms with Crippen LogP contribution in [0.1, 0.15) is 31.9 Å². The summed E-state index contributed by atoms with van der Waals surface area (Å²) >= 11 is 0. The Labute approximate surface area is 194 Å². The van der Waals surface area contributed by atoms with Gasteiger partial charge in [-0.25, -0.2) is 18.2 Å². The molecule has 0 unspecified atom stereocenters. The molecular weight excluding hydrogens is 446 g/mol. The van der Waals surface area contributed by atoms with Crippen molar-refractivity contribution < 1.29 is 27.5 Å². The van der Waals surface area contributed by atoms with Gasteiger partial charge in [-0.1, -0.05) is 12.1 Å². The summed E-state index contributed by atoms with van der Waals surface area (Å²) in [4.78, 5) is 30.8. The maximum absolute atomic E-state index is 13.0. The van der Waals surface area contributed by atoms with Crippen molar-refractivity contribution in [3.63, 3.8) is 0 Å². The number of pyridine rings is 1. The van der Waals surface area contributed by atoms with Gasteiger partial charge in [0.1, 0.15) is 22.5 Å². The topological polar surface area (TPSA) is 115 Å². The first-order valence-corrected chi connectivity index (χ1v) is 12.4. The van der Waals surface area contributed by atoms with Gasteiger partial charge in [-0.3, -0.25) is 9.69 Å². The molecule has 10 heteroatoms. The lowest BCUT2D eigenvalue weighted by Crippen LogP contribution is -2.62. The molecule has 33 heavy (non-hydrogen) atoms. The molecular formula is C23H29N3O6S. The molecule has 2 atom stereocenters. The van der Waals surface area contributed by atoms with Crippen molar-refractivity contribution in [1.82, 2.24) is 10.3 Å². The fourth-order valence-corrected chi connectivity index (χ4v) is 4.60. The molecule has 1 aliphatic rings. The van der Waals surface area contributed by atoms with E-state index in [-0.39, 0.29) is 18.9 Å². The second-order valence-electron chi connectivity index (χ2n) is 9.01. The van der Waals surface area contributed by atoms with Crippen LogP contribution in [0.2, 0.25) is 0 Å². The Morgan fingerprint density at radius 3 is 2.36 bits per heavy atom. The van der Waals surface area contributed by atoms with Crippen molar-refractivity contribution in [2.24, 2.45) is 5.92 Å². The number of carbonyl (C=O) groups excluding carboxylic acids is 2. The fraction of sp³-hybridized carbons (Fsp3) is 0.435. The average molecular weight is 476 g/mol. The number of aromatic nitrogens is 1. The SMILES string of the molecule is COc1ccc(CN(C(=O)OC(C)(C)C)c2cc(C[C@H]3C(=O)N[C@@H]3S(C)(=O)=O)ccn2)cc1. The number of amides is 2. The van der Waals surface area contributed by atoms with Crippen LogP contribution in [0.5, 0.6) is 5.75 Å². The van der Waals surface area contributed by atoms with Crippen LogP contribution in [0.4, 0.5) is 10.6 Å². The highest BCUT2D eigenvalue weighted by Crippen LogP contribution is 2.27. The Morgan fingerprint density at radius 2 is 1.82 bits per heavy atom. The number of hydrogen-bond acceptors (Lipinski definition) is 7. The summed E-state index contributed by atoms with van der Waals surface area (Å²) in [7, 11) is -1.84. The second-order valence-corrected chi connectivity index (χ2v) is 11.2. The molecule has 2 heterocycles. The van der Waals surface area contributed by atoms with Crippen LogP contribution in [0.3, 0.4) is 0 Å². The second kappa shape index (κ2) is 9.38. The van der Waals surface area contributed by atoms with E-state index in [1.807, 2.05) is 12.1 Å². The molecule has 3 rings (SSSR count). The third kappa shape index (κ3) is 6.22. The van der Waals surface area contributed by atoms with Crippen LogP contribution in [-0.2, 0) is 32.3 Å². The summed E-state index contributed by atoms with van der Waals surface area (Å²) < 4.78 is 34.6. The molecule has 1 aromatic heterocycles. The zero-order chi connectivity index (χ0) is 24.4. The molecule has 1 N–H and O–H groups in total. The van der Waals surface area contributed by atoms with E-state index in [9.17, 15) is 18.0 Å². The Hall–Kier alpha value is -3.14. The van der Waals surface area contributed by atoms with Gasteiger partial charge in [0.15, 0.2) is 9.84 Å². The number of benzene rings is 1. The minimum Gasteiger partial charge on any atom is -0.497 e. The first kappa shape index (κ1) is 24.5. The maximum atomic E-state index is 13.0. The predicted molar refractivity (Wildman–Crippen MR) is 124 cm³/mol. The molecule has 9 nitrogen and oxygen atoms in total. The highest BCUT2D eigenvalue weighted by Gasteiger charge is 2.45. The van der Waals surface area contributed by atoms with Crippen molar-refractivity contribution in [2.45, 2.75) is 44.7 Å². The molecule has 178 valence electrons. The number of carbonyl (C=O) groups is 2. The van der Waals surface area contributed by atoms with Gasteiger partial charge in [0, 0.05) is 12.5 Å². The molecule has 2 aromatic rings. The first-order valence-electron chi connectivity index (χ1n) is 10.4. The lowest BCUT2D eigenvalue weighted by Gasteiger charge is -2.35. The number of rotatable bonds is 7. The average Bonchev–Trinajstić information content (AvgIpc) is 2.72. The van der Waals surface area contributed by atoms with Crippen molar-refractivity contribution in [2.75, 3.05) is 18.3 Å². The van der Waals surface area contributed by atoms with E-state index in [4.69, 9.17) is 9.47 Å². The monoisotopic (exact) mass is 475 g/mol. The van der Waals surface area contributed by atoms with Gasteiger partial charge in [0.25, 0.3) is 0 Å². The lowest BCUT2D eigenvalue weighted by atomic mass is 9.93. The number of nitrogens with zero attached hydrogens (tertiary/aromatic N) is 2. The summed E-state index contributed by atoms with van der Waals surface area (Å²) in [5.74, 6) is 0.0351. The number of anilines is 1. The smallest absolute Gasteiger partial charge is 0.416 e. The van der Waals surface area contributed by atoms with E-state index in [0.29, 0.717) is 17.1 Å². The van der Waals surface area contributed by atoms with E-state index >= 15 is 0 Å². The number of hydrogen-bond donors (Lipinski definition) is 1. The molecule has 0 spiro atoms. The third-order valence-corrected chi connectivity index (χ3v) is 6.47. The van der Waals surface area contributed by atoms with Crippen molar-refractivity contribution in [3.05, 3.63) is 53.7 Å². The Morgan fingerprint density at radius 1 is 1.15 bits per heavy atom. The van der Waals surface area contributed by atoms with Crippen LogP contribution in [-0.4, -0.2) is 49.7 Å². The Bertz CT molecular complexity index is 1130. The van der Waals surface area contributed by atoms with Crippen LogP contribution in [0, 0.1) is 5.92 Å². The van der Waals surface area contributed by atoms with Crippen molar-refractivity contribution >= 4 is 27.7 Å². The molecule has 0 radical (unpaired) electrons. The highest BCUT2D eigenvalue weighted by atomic mass is 32.2. The molecule has 1 aromatic carbocycles. The van der Waals surface area contributed by atoms with E-state index in [1.54, 1.807) is 52.1 Å². The Balaban J connectivity index is 1.88. The molecule has 0 saturated carbocycles. The van der Waals surface area contributed by atoms with Gasteiger partial charge >= 0.3 is 6.09 Å². The van der Waals surface area contributed by atoms with Gasteiger partial charge in [-0.2, -0.15) is 0 Å². The molecule has 0 aliphatic carbocycles. The van der Waals surface area contributed by atoms with Gasteiger partial charge in [0.2, 0.25) is 5.91 Å². The fourth-order valence-electron chi connectivity index (χ4n) is 3.45. The first-order chi connectivity index (χ1) is 15.4. The summed E-state index contributed by atoms with van der Waals surface area (Å²) in [5, 5.41) is 1.53. The third-order valence-electron chi connectivity index (χ3n) is 5.10.